The lowest BCUT2D eigenvalue weighted by atomic mass is 10.2. The summed E-state index contributed by atoms with van der Waals surface area (Å²) in [5, 5.41) is 18.8. The van der Waals surface area contributed by atoms with Crippen LogP contribution >= 0.6 is 0 Å². The zero-order valence-corrected chi connectivity index (χ0v) is 13.6. The molecule has 0 atom stereocenters. The van der Waals surface area contributed by atoms with Gasteiger partial charge in [-0.25, -0.2) is 0 Å². The Morgan fingerprint density at radius 1 is 1.04 bits per heavy atom. The van der Waals surface area contributed by atoms with Gasteiger partial charge < -0.3 is 19.7 Å². The molecule has 1 fully saturated rings. The quantitative estimate of drug-likeness (QED) is 0.852. The van der Waals surface area contributed by atoms with Gasteiger partial charge >= 0.3 is 0 Å². The molecule has 2 aromatic rings. The summed E-state index contributed by atoms with van der Waals surface area (Å²) in [5.41, 5.74) is 1.68. The molecule has 0 saturated carbocycles. The summed E-state index contributed by atoms with van der Waals surface area (Å²) in [6.45, 7) is 4.66. The minimum atomic E-state index is -0.373. The van der Waals surface area contributed by atoms with Gasteiger partial charge in [0.1, 0.15) is 0 Å². The summed E-state index contributed by atoms with van der Waals surface area (Å²) in [4.78, 5) is 16.4. The normalized spacial score (nSPS) is 15.6. The predicted octanol–water partition coefficient (Wildman–Crippen LogP) is 0.868. The molecule has 1 saturated heterocycles. The highest BCUT2D eigenvalue weighted by molar-refractivity contribution is 5.46. The number of pyridine rings is 1. The SMILES string of the molecule is O=c1cc(CN2CCN(c3ccccc3)CC2)n(CCO)cc1O. The molecule has 0 aliphatic carbocycles. The van der Waals surface area contributed by atoms with Crippen LogP contribution < -0.4 is 10.3 Å². The molecular weight excluding hydrogens is 306 g/mol. The molecule has 6 nitrogen and oxygen atoms in total. The van der Waals surface area contributed by atoms with Gasteiger partial charge in [0.15, 0.2) is 5.75 Å². The van der Waals surface area contributed by atoms with Gasteiger partial charge in [0.05, 0.1) is 12.8 Å². The van der Waals surface area contributed by atoms with Gasteiger partial charge in [0.25, 0.3) is 0 Å². The second-order valence-corrected chi connectivity index (χ2v) is 6.03. The molecule has 1 aromatic carbocycles. The van der Waals surface area contributed by atoms with Gasteiger partial charge in [-0.2, -0.15) is 0 Å². The van der Waals surface area contributed by atoms with Crippen LogP contribution in [0.2, 0.25) is 0 Å². The Morgan fingerprint density at radius 3 is 2.42 bits per heavy atom. The average molecular weight is 329 g/mol. The summed E-state index contributed by atoms with van der Waals surface area (Å²) >= 11 is 0. The number of rotatable bonds is 5. The van der Waals surface area contributed by atoms with E-state index in [0.717, 1.165) is 31.9 Å². The molecule has 0 unspecified atom stereocenters. The van der Waals surface area contributed by atoms with Crippen LogP contribution in [0.1, 0.15) is 5.69 Å². The maximum absolute atomic E-state index is 11.7. The lowest BCUT2D eigenvalue weighted by Gasteiger charge is -2.36. The number of benzene rings is 1. The van der Waals surface area contributed by atoms with Crippen molar-refractivity contribution >= 4 is 5.69 Å². The van der Waals surface area contributed by atoms with Gasteiger partial charge in [0.2, 0.25) is 5.43 Å². The molecule has 0 bridgehead atoms. The van der Waals surface area contributed by atoms with Crippen molar-refractivity contribution in [3.8, 4) is 5.75 Å². The minimum Gasteiger partial charge on any atom is -0.503 e. The topological polar surface area (TPSA) is 68.9 Å². The molecule has 0 amide bonds. The smallest absolute Gasteiger partial charge is 0.223 e. The Hall–Kier alpha value is -2.31. The van der Waals surface area contributed by atoms with E-state index < -0.39 is 0 Å². The van der Waals surface area contributed by atoms with Crippen molar-refractivity contribution in [3.05, 3.63) is 58.5 Å². The number of aromatic nitrogens is 1. The number of hydrogen-bond acceptors (Lipinski definition) is 5. The second kappa shape index (κ2) is 7.51. The van der Waals surface area contributed by atoms with Crippen molar-refractivity contribution in [2.75, 3.05) is 37.7 Å². The van der Waals surface area contributed by atoms with Crippen molar-refractivity contribution < 1.29 is 10.2 Å². The minimum absolute atomic E-state index is 0.0307. The number of hydrogen-bond donors (Lipinski definition) is 2. The van der Waals surface area contributed by atoms with E-state index in [4.69, 9.17) is 0 Å². The van der Waals surface area contributed by atoms with E-state index in [1.165, 1.54) is 18.0 Å². The van der Waals surface area contributed by atoms with Crippen LogP contribution in [0.25, 0.3) is 0 Å². The first-order valence-corrected chi connectivity index (χ1v) is 8.23. The van der Waals surface area contributed by atoms with E-state index >= 15 is 0 Å². The first-order valence-electron chi connectivity index (χ1n) is 8.23. The van der Waals surface area contributed by atoms with Gasteiger partial charge in [-0.3, -0.25) is 9.69 Å². The Bertz CT molecular complexity index is 722. The van der Waals surface area contributed by atoms with E-state index in [2.05, 4.69) is 21.9 Å². The van der Waals surface area contributed by atoms with Crippen LogP contribution in [0.4, 0.5) is 5.69 Å². The van der Waals surface area contributed by atoms with Crippen molar-refractivity contribution in [2.45, 2.75) is 13.1 Å². The van der Waals surface area contributed by atoms with Gasteiger partial charge in [-0.05, 0) is 12.1 Å². The van der Waals surface area contributed by atoms with Crippen LogP contribution in [0.15, 0.2) is 47.4 Å². The van der Waals surface area contributed by atoms with Gasteiger partial charge in [-0.1, -0.05) is 18.2 Å². The highest BCUT2D eigenvalue weighted by Crippen LogP contribution is 2.17. The molecule has 24 heavy (non-hydrogen) atoms. The number of piperazine rings is 1. The summed E-state index contributed by atoms with van der Waals surface area (Å²) in [5.74, 6) is -0.277. The molecule has 1 aliphatic heterocycles. The Labute approximate surface area is 141 Å². The summed E-state index contributed by atoms with van der Waals surface area (Å²) < 4.78 is 1.75. The van der Waals surface area contributed by atoms with Crippen LogP contribution in [-0.4, -0.2) is 52.5 Å². The largest absolute Gasteiger partial charge is 0.503 e. The predicted molar refractivity (Wildman–Crippen MR) is 93.4 cm³/mol. The number of anilines is 1. The molecule has 0 radical (unpaired) electrons. The highest BCUT2D eigenvalue weighted by Gasteiger charge is 2.18. The van der Waals surface area contributed by atoms with Crippen molar-refractivity contribution in [2.24, 2.45) is 0 Å². The number of aliphatic hydroxyl groups excluding tert-OH is 1. The molecule has 3 rings (SSSR count). The second-order valence-electron chi connectivity index (χ2n) is 6.03. The van der Waals surface area contributed by atoms with Crippen LogP contribution in [0.5, 0.6) is 5.75 Å². The average Bonchev–Trinajstić information content (AvgIpc) is 2.61. The number of nitrogens with zero attached hydrogens (tertiary/aromatic N) is 3. The third kappa shape index (κ3) is 3.77. The van der Waals surface area contributed by atoms with E-state index in [9.17, 15) is 15.0 Å². The summed E-state index contributed by atoms with van der Waals surface area (Å²) in [6, 6.07) is 11.8. The standard InChI is InChI=1S/C18H23N3O3/c22-11-10-21-14-18(24)17(23)12-16(21)13-19-6-8-20(9-7-19)15-4-2-1-3-5-15/h1-5,12,14,22,24H,6-11,13H2. The molecule has 2 N–H and O–H groups in total. The molecule has 1 aromatic heterocycles. The van der Waals surface area contributed by atoms with Crippen molar-refractivity contribution in [1.29, 1.82) is 0 Å². The maximum Gasteiger partial charge on any atom is 0.223 e. The van der Waals surface area contributed by atoms with E-state index in [-0.39, 0.29) is 17.8 Å². The van der Waals surface area contributed by atoms with E-state index in [1.54, 1.807) is 4.57 Å². The van der Waals surface area contributed by atoms with Crippen molar-refractivity contribution in [3.63, 3.8) is 0 Å². The molecular formula is C18H23N3O3. The molecule has 1 aliphatic rings. The first-order chi connectivity index (χ1) is 11.7. The van der Waals surface area contributed by atoms with Crippen LogP contribution in [0, 0.1) is 0 Å². The third-order valence-corrected chi connectivity index (χ3v) is 4.42. The van der Waals surface area contributed by atoms with E-state index in [0.29, 0.717) is 13.1 Å². The fraction of sp³-hybridized carbons (Fsp3) is 0.389. The number of aliphatic hydroxyl groups is 1. The molecule has 0 spiro atoms. The maximum atomic E-state index is 11.7. The summed E-state index contributed by atoms with van der Waals surface area (Å²) in [7, 11) is 0. The fourth-order valence-corrected chi connectivity index (χ4v) is 3.09. The Morgan fingerprint density at radius 2 is 1.75 bits per heavy atom. The lowest BCUT2D eigenvalue weighted by Crippen LogP contribution is -2.46. The Kier molecular flexibility index (Phi) is 5.17. The monoisotopic (exact) mass is 329 g/mol. The first kappa shape index (κ1) is 16.5. The molecule has 6 heteroatoms. The zero-order chi connectivity index (χ0) is 16.9. The number of para-hydroxylation sites is 1. The van der Waals surface area contributed by atoms with Crippen LogP contribution in [-0.2, 0) is 13.1 Å². The van der Waals surface area contributed by atoms with Crippen LogP contribution in [0.3, 0.4) is 0 Å². The zero-order valence-electron chi connectivity index (χ0n) is 13.6. The molecule has 128 valence electrons. The summed E-state index contributed by atoms with van der Waals surface area (Å²) in [6.07, 6.45) is 1.41. The van der Waals surface area contributed by atoms with Gasteiger partial charge in [0, 0.05) is 56.7 Å². The lowest BCUT2D eigenvalue weighted by molar-refractivity contribution is 0.235. The van der Waals surface area contributed by atoms with Gasteiger partial charge in [-0.15, -0.1) is 0 Å². The molecule has 2 heterocycles. The fourth-order valence-electron chi connectivity index (χ4n) is 3.09. The highest BCUT2D eigenvalue weighted by atomic mass is 16.3. The number of aromatic hydroxyl groups is 1. The Balaban J connectivity index is 1.66. The third-order valence-electron chi connectivity index (χ3n) is 4.42. The van der Waals surface area contributed by atoms with E-state index in [1.807, 2.05) is 18.2 Å². The van der Waals surface area contributed by atoms with Crippen molar-refractivity contribution in [1.82, 2.24) is 9.47 Å².